The number of hydrogen-bond acceptors (Lipinski definition) is 11. The van der Waals surface area contributed by atoms with E-state index in [2.05, 4.69) is 15.6 Å². The lowest BCUT2D eigenvalue weighted by Crippen LogP contribution is -2.34. The number of benzene rings is 4. The van der Waals surface area contributed by atoms with Crippen LogP contribution < -0.4 is 39.4 Å². The number of pyridine rings is 1. The minimum atomic E-state index is -1.08. The van der Waals surface area contributed by atoms with E-state index in [0.29, 0.717) is 11.5 Å². The van der Waals surface area contributed by atoms with Crippen molar-refractivity contribution < 1.29 is 38.0 Å². The first-order valence-corrected chi connectivity index (χ1v) is 18.0. The molecule has 4 aromatic carbocycles. The van der Waals surface area contributed by atoms with Crippen molar-refractivity contribution in [3.05, 3.63) is 138 Å². The summed E-state index contributed by atoms with van der Waals surface area (Å²) in [4.78, 5) is 34.7. The first-order valence-electron chi connectivity index (χ1n) is 18.0. The number of amides is 2. The standard InChI is InChI=1S/C43H49N5O8/c1-47(2)34-20-16-30(17-21-34)28-44-42(49)55-40(26-32-10-7-12-36(24-32)51-5)53-38-14-9-15-39(46-38)54-41(27-33-11-8-13-37(25-33)52-6)56-43(50)45-29-31-18-22-35(23-19-31)48(3)4/h7-25,40-41H,26-29H2,1-6H3,(H,44,49)(H,45,50). The van der Waals surface area contributed by atoms with Gasteiger partial charge in [0, 0.05) is 77.6 Å². The number of anilines is 2. The molecule has 0 aliphatic carbocycles. The van der Waals surface area contributed by atoms with Crippen molar-refractivity contribution >= 4 is 23.6 Å². The van der Waals surface area contributed by atoms with Gasteiger partial charge in [-0.25, -0.2) is 9.59 Å². The van der Waals surface area contributed by atoms with Crippen molar-refractivity contribution in [1.29, 1.82) is 0 Å². The zero-order valence-corrected chi connectivity index (χ0v) is 32.6. The molecule has 0 bridgehead atoms. The molecule has 0 fully saturated rings. The fourth-order valence-electron chi connectivity index (χ4n) is 5.49. The van der Waals surface area contributed by atoms with Crippen LogP contribution in [0.1, 0.15) is 22.3 Å². The maximum atomic E-state index is 13.1. The predicted octanol–water partition coefficient (Wildman–Crippen LogP) is 6.98. The second-order valence-corrected chi connectivity index (χ2v) is 13.2. The average Bonchev–Trinajstić information content (AvgIpc) is 3.19. The molecular weight excluding hydrogens is 714 g/mol. The number of carbonyl (C=O) groups is 2. The first-order chi connectivity index (χ1) is 27.1. The summed E-state index contributed by atoms with van der Waals surface area (Å²) < 4.78 is 34.7. The van der Waals surface area contributed by atoms with E-state index in [4.69, 9.17) is 28.4 Å². The van der Waals surface area contributed by atoms with Gasteiger partial charge >= 0.3 is 12.2 Å². The van der Waals surface area contributed by atoms with Crippen molar-refractivity contribution in [2.24, 2.45) is 0 Å². The molecule has 5 aromatic rings. The summed E-state index contributed by atoms with van der Waals surface area (Å²) in [5.41, 5.74) is 5.51. The molecule has 13 heteroatoms. The zero-order valence-electron chi connectivity index (χ0n) is 32.6. The molecule has 2 atom stereocenters. The molecule has 56 heavy (non-hydrogen) atoms. The van der Waals surface area contributed by atoms with Crippen LogP contribution in [0.5, 0.6) is 23.3 Å². The molecule has 2 amide bonds. The van der Waals surface area contributed by atoms with E-state index in [1.54, 1.807) is 32.4 Å². The van der Waals surface area contributed by atoms with Gasteiger partial charge in [0.2, 0.25) is 11.8 Å². The highest BCUT2D eigenvalue weighted by Gasteiger charge is 2.21. The van der Waals surface area contributed by atoms with Crippen molar-refractivity contribution in [2.45, 2.75) is 38.5 Å². The molecule has 2 N–H and O–H groups in total. The van der Waals surface area contributed by atoms with Crippen LogP contribution in [0.25, 0.3) is 0 Å². The summed E-state index contributed by atoms with van der Waals surface area (Å²) in [7, 11) is 11.0. The summed E-state index contributed by atoms with van der Waals surface area (Å²) in [5, 5.41) is 5.59. The number of rotatable bonds is 18. The summed E-state index contributed by atoms with van der Waals surface area (Å²) in [6.07, 6.45) is -3.13. The van der Waals surface area contributed by atoms with Gasteiger partial charge in [-0.2, -0.15) is 4.98 Å². The highest BCUT2D eigenvalue weighted by Crippen LogP contribution is 2.22. The second kappa shape index (κ2) is 20.2. The van der Waals surface area contributed by atoms with E-state index >= 15 is 0 Å². The van der Waals surface area contributed by atoms with Gasteiger partial charge in [0.15, 0.2) is 0 Å². The van der Waals surface area contributed by atoms with Crippen LogP contribution >= 0.6 is 0 Å². The van der Waals surface area contributed by atoms with Gasteiger partial charge in [-0.05, 0) is 70.8 Å². The number of hydrogen-bond donors (Lipinski definition) is 2. The molecule has 0 radical (unpaired) electrons. The van der Waals surface area contributed by atoms with E-state index in [9.17, 15) is 9.59 Å². The first kappa shape index (κ1) is 40.6. The number of alkyl carbamates (subject to hydrolysis) is 2. The minimum absolute atomic E-state index is 0.119. The highest BCUT2D eigenvalue weighted by atomic mass is 16.7. The van der Waals surface area contributed by atoms with Crippen LogP contribution in [0.2, 0.25) is 0 Å². The van der Waals surface area contributed by atoms with Crippen molar-refractivity contribution in [1.82, 2.24) is 15.6 Å². The Kier molecular flexibility index (Phi) is 14.6. The Hall–Kier alpha value is -6.63. The third kappa shape index (κ3) is 12.8. The Bertz CT molecular complexity index is 1870. The normalized spacial score (nSPS) is 11.7. The number of nitrogens with zero attached hydrogens (tertiary/aromatic N) is 3. The molecule has 13 nitrogen and oxygen atoms in total. The third-order valence-electron chi connectivity index (χ3n) is 8.53. The van der Waals surface area contributed by atoms with Crippen molar-refractivity contribution in [3.8, 4) is 23.3 Å². The van der Waals surface area contributed by atoms with Crippen molar-refractivity contribution in [2.75, 3.05) is 52.2 Å². The Morgan fingerprint density at radius 1 is 0.554 bits per heavy atom. The van der Waals surface area contributed by atoms with E-state index in [0.717, 1.165) is 33.6 Å². The molecule has 0 spiro atoms. The van der Waals surface area contributed by atoms with Crippen LogP contribution in [0.3, 0.4) is 0 Å². The van der Waals surface area contributed by atoms with Gasteiger partial charge in [0.25, 0.3) is 12.6 Å². The fraction of sp³-hybridized carbons (Fsp3) is 0.279. The second-order valence-electron chi connectivity index (χ2n) is 13.2. The zero-order chi connectivity index (χ0) is 39.9. The molecule has 0 aliphatic heterocycles. The fourth-order valence-corrected chi connectivity index (χ4v) is 5.49. The van der Waals surface area contributed by atoms with Crippen LogP contribution in [-0.2, 0) is 35.4 Å². The maximum absolute atomic E-state index is 13.1. The van der Waals surface area contributed by atoms with Gasteiger partial charge in [-0.1, -0.05) is 54.6 Å². The quantitative estimate of drug-likeness (QED) is 0.0897. The number of carbonyl (C=O) groups excluding carboxylic acids is 2. The molecule has 1 aromatic heterocycles. The summed E-state index contributed by atoms with van der Waals surface area (Å²) >= 11 is 0. The SMILES string of the molecule is COc1cccc(CC(OC(=O)NCc2ccc(N(C)C)cc2)Oc2cccc(OC(Cc3cccc(OC)c3)OC(=O)NCc3ccc(N(C)C)cc3)n2)c1. The largest absolute Gasteiger partial charge is 0.497 e. The Labute approximate surface area is 328 Å². The number of methoxy groups -OCH3 is 2. The number of aromatic nitrogens is 1. The van der Waals surface area contributed by atoms with Crippen LogP contribution in [-0.4, -0.2) is 72.2 Å². The number of nitrogens with one attached hydrogen (secondary N) is 2. The Balaban J connectivity index is 1.29. The smallest absolute Gasteiger partial charge is 0.410 e. The van der Waals surface area contributed by atoms with Crippen LogP contribution in [0.15, 0.2) is 115 Å². The molecule has 0 aliphatic rings. The van der Waals surface area contributed by atoms with Crippen LogP contribution in [0, 0.1) is 0 Å². The molecular formula is C43H49N5O8. The topological polar surface area (TPSA) is 133 Å². The van der Waals surface area contributed by atoms with Gasteiger partial charge < -0.3 is 48.9 Å². The lowest BCUT2D eigenvalue weighted by molar-refractivity contribution is -0.0402. The lowest BCUT2D eigenvalue weighted by atomic mass is 10.1. The summed E-state index contributed by atoms with van der Waals surface area (Å²) in [6.45, 7) is 0.510. The number of ether oxygens (including phenoxy) is 6. The van der Waals surface area contributed by atoms with E-state index in [1.165, 1.54) is 0 Å². The van der Waals surface area contributed by atoms with Gasteiger partial charge in [-0.15, -0.1) is 0 Å². The van der Waals surface area contributed by atoms with Gasteiger partial charge in [0.05, 0.1) is 14.2 Å². The third-order valence-corrected chi connectivity index (χ3v) is 8.53. The minimum Gasteiger partial charge on any atom is -0.497 e. The maximum Gasteiger partial charge on any atom is 0.410 e. The molecule has 1 heterocycles. The summed E-state index contributed by atoms with van der Waals surface area (Å²) in [6, 6.07) is 35.3. The van der Waals surface area contributed by atoms with E-state index < -0.39 is 24.8 Å². The van der Waals surface area contributed by atoms with Gasteiger partial charge in [0.1, 0.15) is 11.5 Å². The molecule has 2 unspecified atom stereocenters. The molecule has 0 saturated heterocycles. The van der Waals surface area contributed by atoms with E-state index in [-0.39, 0.29) is 37.7 Å². The summed E-state index contributed by atoms with van der Waals surface area (Å²) in [5.74, 6) is 1.53. The molecule has 294 valence electrons. The van der Waals surface area contributed by atoms with Crippen LogP contribution in [0.4, 0.5) is 21.0 Å². The monoisotopic (exact) mass is 763 g/mol. The Morgan fingerprint density at radius 2 is 0.946 bits per heavy atom. The highest BCUT2D eigenvalue weighted by molar-refractivity contribution is 5.68. The molecule has 0 saturated carbocycles. The van der Waals surface area contributed by atoms with Gasteiger partial charge in [-0.3, -0.25) is 0 Å². The molecule has 5 rings (SSSR count). The lowest BCUT2D eigenvalue weighted by Gasteiger charge is -2.21. The average molecular weight is 764 g/mol. The van der Waals surface area contributed by atoms with E-state index in [1.807, 2.05) is 135 Å². The Morgan fingerprint density at radius 3 is 1.32 bits per heavy atom. The predicted molar refractivity (Wildman–Crippen MR) is 215 cm³/mol. The van der Waals surface area contributed by atoms with Crippen molar-refractivity contribution in [3.63, 3.8) is 0 Å².